The fourth-order valence-electron chi connectivity index (χ4n) is 5.10. The smallest absolute Gasteiger partial charge is 0.287 e. The third-order valence-corrected chi connectivity index (χ3v) is 6.36. The third-order valence-electron chi connectivity index (χ3n) is 6.36. The molecule has 2 N–H and O–H groups in total. The Kier molecular flexibility index (Phi) is 2.71. The number of benzene rings is 3. The minimum absolute atomic E-state index is 0.0763. The molecule has 0 saturated carbocycles. The average molecular weight is 358 g/mol. The molecule has 4 nitrogen and oxygen atoms in total. The Morgan fingerprint density at radius 2 is 1.48 bits per heavy atom. The Bertz CT molecular complexity index is 1080. The van der Waals surface area contributed by atoms with Crippen LogP contribution >= 0.6 is 0 Å². The van der Waals surface area contributed by atoms with E-state index in [1.165, 1.54) is 0 Å². The summed E-state index contributed by atoms with van der Waals surface area (Å²) in [5, 5.41) is 23.8. The van der Waals surface area contributed by atoms with E-state index in [1.54, 1.807) is 12.1 Å². The summed E-state index contributed by atoms with van der Waals surface area (Å²) in [6.07, 6.45) is 4.46. The maximum absolute atomic E-state index is 11.3. The number of aromatic hydroxyl groups is 1. The van der Waals surface area contributed by atoms with Gasteiger partial charge in [0.2, 0.25) is 0 Å². The van der Waals surface area contributed by atoms with E-state index in [1.807, 2.05) is 42.5 Å². The van der Waals surface area contributed by atoms with Crippen LogP contribution in [0, 0.1) is 5.41 Å². The second kappa shape index (κ2) is 4.84. The van der Waals surface area contributed by atoms with Crippen LogP contribution in [0.25, 0.3) is 10.8 Å². The molecule has 0 saturated heterocycles. The molecule has 27 heavy (non-hydrogen) atoms. The van der Waals surface area contributed by atoms with E-state index in [0.29, 0.717) is 24.0 Å². The minimum Gasteiger partial charge on any atom is -0.508 e. The van der Waals surface area contributed by atoms with Crippen LogP contribution in [0.15, 0.2) is 66.7 Å². The second-order valence-electron chi connectivity index (χ2n) is 7.61. The zero-order valence-corrected chi connectivity index (χ0v) is 14.6. The summed E-state index contributed by atoms with van der Waals surface area (Å²) in [5.74, 6) is 0.368. The molecule has 1 atom stereocenters. The summed E-state index contributed by atoms with van der Waals surface area (Å²) in [5.41, 5.74) is 0.488. The highest BCUT2D eigenvalue weighted by atomic mass is 16.7. The molecule has 0 aromatic heterocycles. The summed E-state index contributed by atoms with van der Waals surface area (Å²) >= 11 is 0. The molecule has 2 spiro atoms. The molecular formula is C23H18O4. The molecule has 3 aromatic rings. The van der Waals surface area contributed by atoms with Gasteiger partial charge in [0.05, 0.1) is 16.9 Å². The zero-order valence-electron chi connectivity index (χ0n) is 14.6. The number of allylic oxidation sites excluding steroid dienone is 2. The molecule has 3 aliphatic rings. The first kappa shape index (κ1) is 15.1. The van der Waals surface area contributed by atoms with Gasteiger partial charge in [-0.25, -0.2) is 0 Å². The van der Waals surface area contributed by atoms with Gasteiger partial charge >= 0.3 is 0 Å². The number of fused-ring (bicyclic) bond motifs is 3. The second-order valence-corrected chi connectivity index (χ2v) is 7.61. The molecule has 3 aromatic carbocycles. The molecule has 2 aliphatic carbocycles. The van der Waals surface area contributed by atoms with Crippen LogP contribution in [-0.4, -0.2) is 10.2 Å². The third kappa shape index (κ3) is 1.63. The van der Waals surface area contributed by atoms with Crippen molar-refractivity contribution in [2.24, 2.45) is 5.41 Å². The highest BCUT2D eigenvalue weighted by molar-refractivity contribution is 5.94. The SMILES string of the molecule is Oc1cccc2c1C(O)C1(CC=CC1)C21Oc2cccc3cccc(c23)O1. The Labute approximate surface area is 156 Å². The Morgan fingerprint density at radius 1 is 0.852 bits per heavy atom. The van der Waals surface area contributed by atoms with Gasteiger partial charge in [-0.1, -0.05) is 48.6 Å². The summed E-state index contributed by atoms with van der Waals surface area (Å²) < 4.78 is 13.2. The van der Waals surface area contributed by atoms with Gasteiger partial charge in [-0.05, 0) is 36.4 Å². The number of ether oxygens (including phenoxy) is 2. The van der Waals surface area contributed by atoms with Gasteiger partial charge in [-0.3, -0.25) is 0 Å². The van der Waals surface area contributed by atoms with E-state index < -0.39 is 17.3 Å². The number of hydrogen-bond acceptors (Lipinski definition) is 4. The molecule has 0 radical (unpaired) electrons. The van der Waals surface area contributed by atoms with Crippen LogP contribution in [0.4, 0.5) is 0 Å². The van der Waals surface area contributed by atoms with Gasteiger partial charge in [0, 0.05) is 11.1 Å². The fourth-order valence-corrected chi connectivity index (χ4v) is 5.10. The van der Waals surface area contributed by atoms with Crippen molar-refractivity contribution in [3.63, 3.8) is 0 Å². The van der Waals surface area contributed by atoms with Crippen molar-refractivity contribution >= 4 is 10.8 Å². The number of rotatable bonds is 0. The molecule has 4 heteroatoms. The molecule has 0 fully saturated rings. The van der Waals surface area contributed by atoms with E-state index in [0.717, 1.165) is 22.3 Å². The summed E-state index contributed by atoms with van der Waals surface area (Å²) in [6.45, 7) is 0. The number of aliphatic hydroxyl groups excluding tert-OH is 1. The van der Waals surface area contributed by atoms with Crippen LogP contribution in [0.5, 0.6) is 17.2 Å². The van der Waals surface area contributed by atoms with Crippen molar-refractivity contribution in [2.75, 3.05) is 0 Å². The van der Waals surface area contributed by atoms with Crippen molar-refractivity contribution in [2.45, 2.75) is 24.7 Å². The first-order chi connectivity index (χ1) is 13.2. The monoisotopic (exact) mass is 358 g/mol. The van der Waals surface area contributed by atoms with Gasteiger partial charge in [-0.15, -0.1) is 0 Å². The summed E-state index contributed by atoms with van der Waals surface area (Å²) in [6, 6.07) is 17.2. The highest BCUT2D eigenvalue weighted by Gasteiger charge is 2.69. The van der Waals surface area contributed by atoms with Crippen molar-refractivity contribution < 1.29 is 19.7 Å². The predicted molar refractivity (Wildman–Crippen MR) is 101 cm³/mol. The molecular weight excluding hydrogens is 340 g/mol. The van der Waals surface area contributed by atoms with E-state index in [2.05, 4.69) is 12.2 Å². The van der Waals surface area contributed by atoms with Crippen LogP contribution in [0.3, 0.4) is 0 Å². The first-order valence-electron chi connectivity index (χ1n) is 9.21. The van der Waals surface area contributed by atoms with Crippen LogP contribution in [0.1, 0.15) is 30.1 Å². The minimum atomic E-state index is -1.19. The Morgan fingerprint density at radius 3 is 2.15 bits per heavy atom. The molecule has 1 unspecified atom stereocenters. The van der Waals surface area contributed by atoms with Crippen molar-refractivity contribution in [1.29, 1.82) is 0 Å². The van der Waals surface area contributed by atoms with Crippen molar-refractivity contribution in [1.82, 2.24) is 0 Å². The number of hydrogen-bond donors (Lipinski definition) is 2. The molecule has 1 heterocycles. The van der Waals surface area contributed by atoms with Gasteiger partial charge < -0.3 is 19.7 Å². The summed E-state index contributed by atoms with van der Waals surface area (Å²) in [7, 11) is 0. The fraction of sp³-hybridized carbons (Fsp3) is 0.217. The maximum Gasteiger partial charge on any atom is 0.287 e. The van der Waals surface area contributed by atoms with Gasteiger partial charge in [0.25, 0.3) is 5.79 Å². The number of aliphatic hydroxyl groups is 1. The van der Waals surface area contributed by atoms with E-state index >= 15 is 0 Å². The maximum atomic E-state index is 11.3. The number of phenolic OH excluding ortho intramolecular Hbond substituents is 1. The molecule has 0 bridgehead atoms. The lowest BCUT2D eigenvalue weighted by Gasteiger charge is -2.47. The van der Waals surface area contributed by atoms with Crippen LogP contribution in [-0.2, 0) is 5.79 Å². The highest BCUT2D eigenvalue weighted by Crippen LogP contribution is 2.67. The molecule has 134 valence electrons. The van der Waals surface area contributed by atoms with Gasteiger partial charge in [0.1, 0.15) is 17.2 Å². The lowest BCUT2D eigenvalue weighted by atomic mass is 9.75. The quantitative estimate of drug-likeness (QED) is 0.579. The lowest BCUT2D eigenvalue weighted by molar-refractivity contribution is -0.230. The Balaban J connectivity index is 1.67. The zero-order chi connectivity index (χ0) is 18.2. The average Bonchev–Trinajstić information content (AvgIpc) is 3.24. The van der Waals surface area contributed by atoms with Gasteiger partial charge in [-0.2, -0.15) is 0 Å². The Hall–Kier alpha value is -2.98. The van der Waals surface area contributed by atoms with Gasteiger partial charge in [0.15, 0.2) is 0 Å². The number of phenols is 1. The molecule has 1 aliphatic heterocycles. The van der Waals surface area contributed by atoms with Crippen LogP contribution < -0.4 is 9.47 Å². The normalized spacial score (nSPS) is 22.8. The largest absolute Gasteiger partial charge is 0.508 e. The first-order valence-corrected chi connectivity index (χ1v) is 9.21. The topological polar surface area (TPSA) is 58.9 Å². The predicted octanol–water partition coefficient (Wildman–Crippen LogP) is 4.55. The van der Waals surface area contributed by atoms with E-state index in [-0.39, 0.29) is 5.75 Å². The van der Waals surface area contributed by atoms with Crippen molar-refractivity contribution in [3.8, 4) is 17.2 Å². The van der Waals surface area contributed by atoms with E-state index in [4.69, 9.17) is 9.47 Å². The standard InChI is InChI=1S/C23H18O4/c24-16-9-5-8-15-20(16)21(25)22(12-1-2-13-22)23(15)26-17-10-3-6-14-7-4-11-18(27-23)19(14)17/h1-11,21,24-25H,12-13H2. The van der Waals surface area contributed by atoms with Crippen LogP contribution in [0.2, 0.25) is 0 Å². The molecule has 6 rings (SSSR count). The molecule has 0 amide bonds. The van der Waals surface area contributed by atoms with E-state index in [9.17, 15) is 10.2 Å². The van der Waals surface area contributed by atoms with Crippen molar-refractivity contribution in [3.05, 3.63) is 77.9 Å². The summed E-state index contributed by atoms with van der Waals surface area (Å²) in [4.78, 5) is 0. The lowest BCUT2D eigenvalue weighted by Crippen LogP contribution is -2.53.